The molecule has 0 spiro atoms. The number of aryl methyl sites for hydroxylation is 1. The molecule has 2 aromatic carbocycles. The number of carbonyl (C=O) groups is 1. The van der Waals surface area contributed by atoms with Crippen molar-refractivity contribution < 1.29 is 9.21 Å². The molecule has 1 N–H and O–H groups in total. The Balaban J connectivity index is 1.27. The number of likely N-dealkylation sites (tertiary alicyclic amines) is 1. The van der Waals surface area contributed by atoms with Crippen LogP contribution in [0.3, 0.4) is 0 Å². The average Bonchev–Trinajstić information content (AvgIpc) is 3.52. The summed E-state index contributed by atoms with van der Waals surface area (Å²) in [6.45, 7) is 4.88. The lowest BCUT2D eigenvalue weighted by Crippen LogP contribution is -2.44. The molecule has 1 aliphatic heterocycles. The van der Waals surface area contributed by atoms with Gasteiger partial charge < -0.3 is 9.73 Å². The zero-order valence-electron chi connectivity index (χ0n) is 18.6. The molecule has 5 rings (SSSR count). The van der Waals surface area contributed by atoms with Crippen LogP contribution in [-0.2, 0) is 6.54 Å². The number of benzene rings is 2. The van der Waals surface area contributed by atoms with Crippen LogP contribution >= 0.6 is 0 Å². The Morgan fingerprint density at radius 1 is 1.06 bits per heavy atom. The second kappa shape index (κ2) is 9.42. The van der Waals surface area contributed by atoms with Gasteiger partial charge in [-0.25, -0.2) is 9.67 Å². The summed E-state index contributed by atoms with van der Waals surface area (Å²) in [5.74, 6) is 0.501. The van der Waals surface area contributed by atoms with Crippen molar-refractivity contribution in [1.82, 2.24) is 25.0 Å². The molecule has 3 heterocycles. The van der Waals surface area contributed by atoms with Crippen LogP contribution < -0.4 is 5.32 Å². The number of furan rings is 1. The number of nitrogens with zero attached hydrogens (tertiary/aromatic N) is 4. The Bertz CT molecular complexity index is 1190. The summed E-state index contributed by atoms with van der Waals surface area (Å²) in [7, 11) is 0. The zero-order valence-corrected chi connectivity index (χ0v) is 18.6. The molecule has 168 valence electrons. The van der Waals surface area contributed by atoms with E-state index in [9.17, 15) is 4.79 Å². The van der Waals surface area contributed by atoms with Crippen LogP contribution in [0.15, 0.2) is 77.6 Å². The van der Waals surface area contributed by atoms with Crippen LogP contribution in [-0.4, -0.2) is 44.7 Å². The number of hydrogen-bond donors (Lipinski definition) is 1. The van der Waals surface area contributed by atoms with E-state index in [1.54, 1.807) is 17.2 Å². The molecule has 0 unspecified atom stereocenters. The predicted octanol–water partition coefficient (Wildman–Crippen LogP) is 4.23. The van der Waals surface area contributed by atoms with Crippen LogP contribution in [0, 0.1) is 6.92 Å². The van der Waals surface area contributed by atoms with Gasteiger partial charge in [-0.1, -0.05) is 48.0 Å². The van der Waals surface area contributed by atoms with E-state index in [-0.39, 0.29) is 17.8 Å². The maximum absolute atomic E-state index is 13.0. The van der Waals surface area contributed by atoms with Gasteiger partial charge in [-0.3, -0.25) is 9.69 Å². The van der Waals surface area contributed by atoms with E-state index >= 15 is 0 Å². The van der Waals surface area contributed by atoms with Gasteiger partial charge in [0.25, 0.3) is 5.91 Å². The van der Waals surface area contributed by atoms with Crippen molar-refractivity contribution in [2.75, 3.05) is 13.1 Å². The SMILES string of the molecule is Cc1ccc(-n2nc(C(=O)NC3CCN(Cc4ccccc4)CC3)nc2-c2ccoc2)cc1. The topological polar surface area (TPSA) is 76.2 Å². The number of amides is 1. The fourth-order valence-corrected chi connectivity index (χ4v) is 4.18. The van der Waals surface area contributed by atoms with Gasteiger partial charge in [0, 0.05) is 25.7 Å². The highest BCUT2D eigenvalue weighted by molar-refractivity contribution is 5.91. The smallest absolute Gasteiger partial charge is 0.291 e. The third-order valence-electron chi connectivity index (χ3n) is 6.04. The van der Waals surface area contributed by atoms with Crippen molar-refractivity contribution in [1.29, 1.82) is 0 Å². The largest absolute Gasteiger partial charge is 0.472 e. The summed E-state index contributed by atoms with van der Waals surface area (Å²) >= 11 is 0. The Hall–Kier alpha value is -3.71. The minimum absolute atomic E-state index is 0.119. The first-order valence-electron chi connectivity index (χ1n) is 11.3. The van der Waals surface area contributed by atoms with Crippen LogP contribution in [0.4, 0.5) is 0 Å². The zero-order chi connectivity index (χ0) is 22.6. The maximum atomic E-state index is 13.0. The van der Waals surface area contributed by atoms with Crippen molar-refractivity contribution in [3.8, 4) is 17.1 Å². The molecule has 2 aromatic heterocycles. The molecule has 33 heavy (non-hydrogen) atoms. The monoisotopic (exact) mass is 441 g/mol. The first-order chi connectivity index (χ1) is 16.2. The van der Waals surface area contributed by atoms with E-state index < -0.39 is 0 Å². The van der Waals surface area contributed by atoms with E-state index in [4.69, 9.17) is 4.42 Å². The second-order valence-corrected chi connectivity index (χ2v) is 8.53. The van der Waals surface area contributed by atoms with Crippen molar-refractivity contribution in [3.05, 3.63) is 90.1 Å². The van der Waals surface area contributed by atoms with Crippen molar-refractivity contribution in [2.24, 2.45) is 0 Å². The summed E-state index contributed by atoms with van der Waals surface area (Å²) in [4.78, 5) is 20.0. The minimum atomic E-state index is -0.243. The Morgan fingerprint density at radius 3 is 2.52 bits per heavy atom. The molecule has 7 nitrogen and oxygen atoms in total. The quantitative estimate of drug-likeness (QED) is 0.485. The summed E-state index contributed by atoms with van der Waals surface area (Å²) in [5.41, 5.74) is 4.09. The van der Waals surface area contributed by atoms with E-state index in [1.165, 1.54) is 5.56 Å². The fourth-order valence-electron chi connectivity index (χ4n) is 4.18. The van der Waals surface area contributed by atoms with Crippen LogP contribution in [0.1, 0.15) is 34.6 Å². The molecule has 0 atom stereocenters. The van der Waals surface area contributed by atoms with Gasteiger partial charge >= 0.3 is 0 Å². The second-order valence-electron chi connectivity index (χ2n) is 8.53. The molecule has 0 saturated carbocycles. The van der Waals surface area contributed by atoms with E-state index in [0.717, 1.165) is 49.3 Å². The lowest BCUT2D eigenvalue weighted by atomic mass is 10.0. The molecule has 0 bridgehead atoms. The first kappa shape index (κ1) is 21.2. The Kier molecular flexibility index (Phi) is 6.04. The van der Waals surface area contributed by atoms with Crippen LogP contribution in [0.5, 0.6) is 0 Å². The first-order valence-corrected chi connectivity index (χ1v) is 11.3. The number of hydrogen-bond acceptors (Lipinski definition) is 5. The van der Waals surface area contributed by atoms with E-state index in [0.29, 0.717) is 5.82 Å². The molecule has 1 saturated heterocycles. The minimum Gasteiger partial charge on any atom is -0.472 e. The van der Waals surface area contributed by atoms with Gasteiger partial charge in [0.2, 0.25) is 5.82 Å². The fraction of sp³-hybridized carbons (Fsp3) is 0.269. The molecule has 1 fully saturated rings. The highest BCUT2D eigenvalue weighted by Gasteiger charge is 2.24. The highest BCUT2D eigenvalue weighted by Crippen LogP contribution is 2.22. The van der Waals surface area contributed by atoms with Crippen molar-refractivity contribution in [2.45, 2.75) is 32.4 Å². The molecular formula is C26H27N5O2. The highest BCUT2D eigenvalue weighted by atomic mass is 16.3. The lowest BCUT2D eigenvalue weighted by Gasteiger charge is -2.32. The van der Waals surface area contributed by atoms with Gasteiger partial charge in [-0.15, -0.1) is 5.10 Å². The summed E-state index contributed by atoms with van der Waals surface area (Å²) in [6, 6.07) is 20.4. The number of carbonyl (C=O) groups excluding carboxylic acids is 1. The molecule has 7 heteroatoms. The molecule has 0 aliphatic carbocycles. The normalized spacial score (nSPS) is 14.9. The van der Waals surface area contributed by atoms with Gasteiger partial charge in [-0.05, 0) is 43.5 Å². The van der Waals surface area contributed by atoms with Crippen molar-refractivity contribution in [3.63, 3.8) is 0 Å². The van der Waals surface area contributed by atoms with Gasteiger partial charge in [-0.2, -0.15) is 0 Å². The number of nitrogens with one attached hydrogen (secondary N) is 1. The van der Waals surface area contributed by atoms with Crippen LogP contribution in [0.2, 0.25) is 0 Å². The lowest BCUT2D eigenvalue weighted by molar-refractivity contribution is 0.0898. The molecule has 4 aromatic rings. The molecule has 1 amide bonds. The number of aromatic nitrogens is 3. The van der Waals surface area contributed by atoms with Gasteiger partial charge in [0.05, 0.1) is 17.5 Å². The predicted molar refractivity (Wildman–Crippen MR) is 126 cm³/mol. The molecule has 0 radical (unpaired) electrons. The average molecular weight is 442 g/mol. The number of rotatable bonds is 6. The standard InChI is InChI=1S/C26H27N5O2/c1-19-7-9-23(10-8-19)31-25(21-13-16-33-18-21)28-24(29-31)26(32)27-22-11-14-30(15-12-22)17-20-5-3-2-4-6-20/h2-10,13,16,18,22H,11-12,14-15,17H2,1H3,(H,27,32). The number of piperidine rings is 1. The van der Waals surface area contributed by atoms with E-state index in [2.05, 4.69) is 44.6 Å². The molecule has 1 aliphatic rings. The van der Waals surface area contributed by atoms with Gasteiger partial charge in [0.1, 0.15) is 6.26 Å². The summed E-state index contributed by atoms with van der Waals surface area (Å²) in [5, 5.41) is 7.68. The third kappa shape index (κ3) is 4.88. The summed E-state index contributed by atoms with van der Waals surface area (Å²) < 4.78 is 6.93. The Labute approximate surface area is 193 Å². The Morgan fingerprint density at radius 2 is 1.82 bits per heavy atom. The van der Waals surface area contributed by atoms with Crippen LogP contribution in [0.25, 0.3) is 17.1 Å². The molecular weight excluding hydrogens is 414 g/mol. The maximum Gasteiger partial charge on any atom is 0.291 e. The van der Waals surface area contributed by atoms with E-state index in [1.807, 2.05) is 43.3 Å². The third-order valence-corrected chi connectivity index (χ3v) is 6.04. The van der Waals surface area contributed by atoms with Gasteiger partial charge in [0.15, 0.2) is 5.82 Å². The van der Waals surface area contributed by atoms with Crippen molar-refractivity contribution >= 4 is 5.91 Å². The summed E-state index contributed by atoms with van der Waals surface area (Å²) in [6.07, 6.45) is 5.02.